The Labute approximate surface area is 156 Å². The minimum atomic E-state index is -1.11. The Hall–Kier alpha value is -1.33. The van der Waals surface area contributed by atoms with E-state index in [1.807, 2.05) is 6.07 Å². The molecule has 0 bridgehead atoms. The first-order valence-corrected chi connectivity index (χ1v) is 8.56. The lowest BCUT2D eigenvalue weighted by atomic mass is 10.2. The summed E-state index contributed by atoms with van der Waals surface area (Å²) in [6.07, 6.45) is 1.66. The summed E-state index contributed by atoms with van der Waals surface area (Å²) >= 11 is 8.25. The largest absolute Gasteiger partial charge is 0.493 e. The number of carboxylic acid groups (broad SMARTS) is 1. The maximum absolute atomic E-state index is 12.2. The Bertz CT molecular complexity index is 719. The number of aliphatic carboxylic acids is 1. The van der Waals surface area contributed by atoms with Crippen molar-refractivity contribution in [2.24, 2.45) is 0 Å². The molecule has 1 heterocycles. The normalized spacial score (nSPS) is 16.1. The van der Waals surface area contributed by atoms with Crippen molar-refractivity contribution in [2.45, 2.75) is 0 Å². The lowest BCUT2D eigenvalue weighted by Gasteiger charge is -2.11. The molecular formula is C14H12INO5S2. The van der Waals surface area contributed by atoms with Crippen LogP contribution in [-0.2, 0) is 9.59 Å². The lowest BCUT2D eigenvalue weighted by molar-refractivity contribution is -0.140. The molecule has 0 aromatic heterocycles. The highest BCUT2D eigenvalue weighted by Crippen LogP contribution is 2.37. The highest BCUT2D eigenvalue weighted by atomic mass is 127. The molecule has 2 rings (SSSR count). The summed E-state index contributed by atoms with van der Waals surface area (Å²) in [4.78, 5) is 24.5. The van der Waals surface area contributed by atoms with Crippen LogP contribution in [0.2, 0.25) is 0 Å². The number of thioether (sulfide) groups is 1. The average molecular weight is 465 g/mol. The molecule has 1 N–H and O–H groups in total. The van der Waals surface area contributed by atoms with E-state index in [2.05, 4.69) is 22.6 Å². The number of rotatable bonds is 5. The molecule has 0 unspecified atom stereocenters. The minimum absolute atomic E-state index is 0.235. The van der Waals surface area contributed by atoms with E-state index in [0.717, 1.165) is 25.8 Å². The van der Waals surface area contributed by atoms with Gasteiger partial charge in [0.05, 0.1) is 22.7 Å². The van der Waals surface area contributed by atoms with Crippen molar-refractivity contribution >= 4 is 68.8 Å². The number of carbonyl (C=O) groups is 2. The number of nitrogens with zero attached hydrogens (tertiary/aromatic N) is 1. The number of amides is 1. The zero-order chi connectivity index (χ0) is 17.1. The van der Waals surface area contributed by atoms with Crippen LogP contribution in [0.25, 0.3) is 6.08 Å². The number of carboxylic acids is 1. The Kier molecular flexibility index (Phi) is 5.87. The highest BCUT2D eigenvalue weighted by molar-refractivity contribution is 14.1. The number of benzene rings is 1. The van der Waals surface area contributed by atoms with Gasteiger partial charge in [-0.05, 0) is 46.4 Å². The standard InChI is InChI=1S/C14H12INO5S2/c1-20-9-4-7(3-8(15)12(9)21-2)5-10-13(19)16(6-11(17)18)14(22)23-10/h3-5H,6H2,1-2H3,(H,17,18)/b10-5-. The van der Waals surface area contributed by atoms with E-state index in [1.165, 1.54) is 7.11 Å². The van der Waals surface area contributed by atoms with Gasteiger partial charge in [-0.15, -0.1) is 0 Å². The molecule has 0 saturated carbocycles. The SMILES string of the molecule is COc1cc(/C=C2\SC(=S)N(CC(=O)O)C2=O)cc(I)c1OC. The number of halogens is 1. The summed E-state index contributed by atoms with van der Waals surface area (Å²) in [5.41, 5.74) is 0.739. The van der Waals surface area contributed by atoms with E-state index >= 15 is 0 Å². The second-order valence-corrected chi connectivity index (χ2v) is 7.24. The smallest absolute Gasteiger partial charge is 0.323 e. The van der Waals surface area contributed by atoms with Crippen LogP contribution < -0.4 is 9.47 Å². The van der Waals surface area contributed by atoms with Crippen molar-refractivity contribution in [2.75, 3.05) is 20.8 Å². The lowest BCUT2D eigenvalue weighted by Crippen LogP contribution is -2.33. The number of thiocarbonyl (C=S) groups is 1. The van der Waals surface area contributed by atoms with Crippen molar-refractivity contribution in [3.8, 4) is 11.5 Å². The van der Waals surface area contributed by atoms with Gasteiger partial charge in [-0.1, -0.05) is 24.0 Å². The molecule has 1 aromatic carbocycles. The van der Waals surface area contributed by atoms with E-state index in [4.69, 9.17) is 26.8 Å². The first-order chi connectivity index (χ1) is 10.9. The van der Waals surface area contributed by atoms with Gasteiger partial charge in [0.15, 0.2) is 11.5 Å². The van der Waals surface area contributed by atoms with Gasteiger partial charge < -0.3 is 14.6 Å². The van der Waals surface area contributed by atoms with Crippen LogP contribution in [0.1, 0.15) is 5.56 Å². The fraction of sp³-hybridized carbons (Fsp3) is 0.214. The third kappa shape index (κ3) is 3.96. The third-order valence-corrected chi connectivity index (χ3v) is 5.10. The molecule has 1 aromatic rings. The first kappa shape index (κ1) is 18.0. The van der Waals surface area contributed by atoms with Crippen LogP contribution in [0.15, 0.2) is 17.0 Å². The van der Waals surface area contributed by atoms with Gasteiger partial charge in [0.1, 0.15) is 10.9 Å². The number of carbonyl (C=O) groups excluding carboxylic acids is 1. The van der Waals surface area contributed by atoms with Crippen molar-refractivity contribution in [3.05, 3.63) is 26.2 Å². The summed E-state index contributed by atoms with van der Waals surface area (Å²) < 4.78 is 11.6. The summed E-state index contributed by atoms with van der Waals surface area (Å²) in [7, 11) is 3.08. The Morgan fingerprint density at radius 1 is 1.43 bits per heavy atom. The zero-order valence-electron chi connectivity index (χ0n) is 12.2. The van der Waals surface area contributed by atoms with Gasteiger partial charge in [-0.2, -0.15) is 0 Å². The zero-order valence-corrected chi connectivity index (χ0v) is 16.0. The number of ether oxygens (including phenoxy) is 2. The van der Waals surface area contributed by atoms with Crippen LogP contribution in [0.3, 0.4) is 0 Å². The van der Waals surface area contributed by atoms with Crippen LogP contribution >= 0.6 is 46.6 Å². The molecule has 1 aliphatic heterocycles. The van der Waals surface area contributed by atoms with Crippen molar-refractivity contribution in [3.63, 3.8) is 0 Å². The van der Waals surface area contributed by atoms with E-state index in [1.54, 1.807) is 19.3 Å². The predicted octanol–water partition coefficient (Wildman–Crippen LogP) is 2.59. The van der Waals surface area contributed by atoms with Crippen molar-refractivity contribution < 1.29 is 24.2 Å². The Morgan fingerprint density at radius 2 is 2.13 bits per heavy atom. The molecule has 1 aliphatic rings. The predicted molar refractivity (Wildman–Crippen MR) is 99.8 cm³/mol. The summed E-state index contributed by atoms with van der Waals surface area (Å²) in [5.74, 6) is -0.356. The third-order valence-electron chi connectivity index (χ3n) is 2.92. The molecule has 6 nitrogen and oxygen atoms in total. The van der Waals surface area contributed by atoms with E-state index < -0.39 is 18.4 Å². The van der Waals surface area contributed by atoms with Gasteiger partial charge in [-0.3, -0.25) is 14.5 Å². The fourth-order valence-corrected chi connectivity index (χ4v) is 4.04. The minimum Gasteiger partial charge on any atom is -0.493 e. The number of hydrogen-bond donors (Lipinski definition) is 1. The molecule has 23 heavy (non-hydrogen) atoms. The maximum Gasteiger partial charge on any atom is 0.323 e. The molecular weight excluding hydrogens is 453 g/mol. The molecule has 1 fully saturated rings. The molecule has 122 valence electrons. The molecule has 0 radical (unpaired) electrons. The maximum atomic E-state index is 12.2. The molecule has 0 atom stereocenters. The Balaban J connectivity index is 2.36. The van der Waals surface area contributed by atoms with Gasteiger partial charge in [0.2, 0.25) is 0 Å². The van der Waals surface area contributed by atoms with Gasteiger partial charge in [0, 0.05) is 0 Å². The van der Waals surface area contributed by atoms with Crippen molar-refractivity contribution in [1.29, 1.82) is 0 Å². The van der Waals surface area contributed by atoms with E-state index in [0.29, 0.717) is 16.4 Å². The summed E-state index contributed by atoms with van der Waals surface area (Å²) in [5, 5.41) is 8.83. The van der Waals surface area contributed by atoms with E-state index in [-0.39, 0.29) is 4.32 Å². The Morgan fingerprint density at radius 3 is 2.70 bits per heavy atom. The van der Waals surface area contributed by atoms with Gasteiger partial charge in [-0.25, -0.2) is 0 Å². The van der Waals surface area contributed by atoms with Crippen molar-refractivity contribution in [1.82, 2.24) is 4.90 Å². The molecule has 0 spiro atoms. The summed E-state index contributed by atoms with van der Waals surface area (Å²) in [6.45, 7) is -0.439. The molecule has 1 saturated heterocycles. The monoisotopic (exact) mass is 465 g/mol. The van der Waals surface area contributed by atoms with Gasteiger partial charge in [0.25, 0.3) is 5.91 Å². The van der Waals surface area contributed by atoms with Crippen LogP contribution in [0.5, 0.6) is 11.5 Å². The second kappa shape index (κ2) is 7.49. The van der Waals surface area contributed by atoms with Crippen LogP contribution in [0.4, 0.5) is 0 Å². The second-order valence-electron chi connectivity index (χ2n) is 4.40. The average Bonchev–Trinajstić information content (AvgIpc) is 2.73. The van der Waals surface area contributed by atoms with Gasteiger partial charge >= 0.3 is 5.97 Å². The molecule has 0 aliphatic carbocycles. The highest BCUT2D eigenvalue weighted by Gasteiger charge is 2.33. The van der Waals surface area contributed by atoms with E-state index in [9.17, 15) is 9.59 Å². The fourth-order valence-electron chi connectivity index (χ4n) is 1.94. The first-order valence-electron chi connectivity index (χ1n) is 6.26. The summed E-state index contributed by atoms with van der Waals surface area (Å²) in [6, 6.07) is 3.58. The van der Waals surface area contributed by atoms with Crippen LogP contribution in [-0.4, -0.2) is 47.0 Å². The number of methoxy groups -OCH3 is 2. The molecule has 9 heteroatoms. The van der Waals surface area contributed by atoms with Crippen LogP contribution in [0, 0.1) is 3.57 Å². The number of hydrogen-bond acceptors (Lipinski definition) is 6. The molecule has 1 amide bonds. The quantitative estimate of drug-likeness (QED) is 0.407. The topological polar surface area (TPSA) is 76.1 Å².